The zero-order valence-electron chi connectivity index (χ0n) is 16.5. The SMILES string of the molecule is Clc1cc(Cl)cc(-c2nnc3ccc(N4CCC(OCC5CCOC5)CC4)nn23)c1. The standard InChI is InChI=1S/C21H23Cl2N5O2/c22-16-9-15(10-17(23)11-16)21-25-24-19-1-2-20(26-28(19)21)27-6-3-18(4-7-27)30-13-14-5-8-29-12-14/h1-2,9-11,14,18H,3-8,12-13H2. The number of aromatic nitrogens is 4. The summed E-state index contributed by atoms with van der Waals surface area (Å²) in [4.78, 5) is 2.28. The number of ether oxygens (including phenoxy) is 2. The van der Waals surface area contributed by atoms with Gasteiger partial charge in [0.15, 0.2) is 11.5 Å². The lowest BCUT2D eigenvalue weighted by atomic mass is 10.1. The van der Waals surface area contributed by atoms with Gasteiger partial charge in [-0.25, -0.2) is 0 Å². The first-order valence-electron chi connectivity index (χ1n) is 10.3. The molecule has 5 rings (SSSR count). The van der Waals surface area contributed by atoms with Crippen molar-refractivity contribution in [2.75, 3.05) is 37.8 Å². The molecule has 0 amide bonds. The fourth-order valence-electron chi connectivity index (χ4n) is 4.05. The monoisotopic (exact) mass is 447 g/mol. The Morgan fingerprint density at radius 1 is 1.03 bits per heavy atom. The largest absolute Gasteiger partial charge is 0.381 e. The highest BCUT2D eigenvalue weighted by Gasteiger charge is 2.24. The van der Waals surface area contributed by atoms with Gasteiger partial charge in [0.05, 0.1) is 19.3 Å². The van der Waals surface area contributed by atoms with Gasteiger partial charge in [0.1, 0.15) is 5.82 Å². The van der Waals surface area contributed by atoms with Gasteiger partial charge in [-0.2, -0.15) is 4.52 Å². The first kappa shape index (κ1) is 20.0. The average Bonchev–Trinajstić information content (AvgIpc) is 3.41. The van der Waals surface area contributed by atoms with E-state index < -0.39 is 0 Å². The molecular weight excluding hydrogens is 425 g/mol. The van der Waals surface area contributed by atoms with Crippen molar-refractivity contribution >= 4 is 34.7 Å². The molecule has 0 aliphatic carbocycles. The lowest BCUT2D eigenvalue weighted by Crippen LogP contribution is -2.38. The zero-order valence-corrected chi connectivity index (χ0v) is 18.0. The Morgan fingerprint density at radius 2 is 1.83 bits per heavy atom. The summed E-state index contributed by atoms with van der Waals surface area (Å²) in [6.45, 7) is 4.33. The van der Waals surface area contributed by atoms with E-state index in [1.54, 1.807) is 10.6 Å². The molecule has 1 aromatic carbocycles. The van der Waals surface area contributed by atoms with E-state index >= 15 is 0 Å². The zero-order chi connectivity index (χ0) is 20.5. The molecule has 3 aromatic rings. The summed E-state index contributed by atoms with van der Waals surface area (Å²) in [5.41, 5.74) is 1.47. The van der Waals surface area contributed by atoms with Crippen molar-refractivity contribution in [1.82, 2.24) is 19.8 Å². The van der Waals surface area contributed by atoms with Crippen LogP contribution in [-0.2, 0) is 9.47 Å². The second-order valence-electron chi connectivity index (χ2n) is 7.89. The van der Waals surface area contributed by atoms with Gasteiger partial charge in [-0.15, -0.1) is 15.3 Å². The van der Waals surface area contributed by atoms with Crippen molar-refractivity contribution in [3.63, 3.8) is 0 Å². The number of hydrogen-bond acceptors (Lipinski definition) is 6. The van der Waals surface area contributed by atoms with E-state index in [0.29, 0.717) is 33.5 Å². The van der Waals surface area contributed by atoms with Crippen LogP contribution in [0.5, 0.6) is 0 Å². The smallest absolute Gasteiger partial charge is 0.185 e. The molecule has 9 heteroatoms. The van der Waals surface area contributed by atoms with E-state index in [1.165, 1.54) is 0 Å². The van der Waals surface area contributed by atoms with Crippen LogP contribution in [0.3, 0.4) is 0 Å². The Morgan fingerprint density at radius 3 is 2.57 bits per heavy atom. The van der Waals surface area contributed by atoms with Gasteiger partial charge in [-0.1, -0.05) is 23.2 Å². The van der Waals surface area contributed by atoms with Crippen molar-refractivity contribution in [1.29, 1.82) is 0 Å². The van der Waals surface area contributed by atoms with E-state index in [4.69, 9.17) is 37.8 Å². The first-order chi connectivity index (χ1) is 14.7. The minimum absolute atomic E-state index is 0.310. The van der Waals surface area contributed by atoms with Gasteiger partial charge < -0.3 is 14.4 Å². The maximum absolute atomic E-state index is 6.16. The maximum atomic E-state index is 6.16. The molecule has 7 nitrogen and oxygen atoms in total. The van der Waals surface area contributed by atoms with Gasteiger partial charge in [0.2, 0.25) is 0 Å². The molecule has 2 saturated heterocycles. The molecule has 2 fully saturated rings. The number of fused-ring (bicyclic) bond motifs is 1. The van der Waals surface area contributed by atoms with E-state index in [1.807, 2.05) is 24.3 Å². The van der Waals surface area contributed by atoms with Crippen LogP contribution >= 0.6 is 23.2 Å². The Kier molecular flexibility index (Phi) is 5.78. The summed E-state index contributed by atoms with van der Waals surface area (Å²) < 4.78 is 13.3. The highest BCUT2D eigenvalue weighted by molar-refractivity contribution is 6.35. The summed E-state index contributed by atoms with van der Waals surface area (Å²) in [5, 5.41) is 14.4. The molecule has 4 heterocycles. The average molecular weight is 448 g/mol. The molecule has 1 unspecified atom stereocenters. The quantitative estimate of drug-likeness (QED) is 0.585. The minimum Gasteiger partial charge on any atom is -0.381 e. The number of nitrogens with zero attached hydrogens (tertiary/aromatic N) is 5. The number of halogens is 2. The number of benzene rings is 1. The second kappa shape index (κ2) is 8.67. The summed E-state index contributed by atoms with van der Waals surface area (Å²) in [6, 6.07) is 9.26. The van der Waals surface area contributed by atoms with Gasteiger partial charge in [-0.3, -0.25) is 0 Å². The van der Waals surface area contributed by atoms with E-state index in [9.17, 15) is 0 Å². The summed E-state index contributed by atoms with van der Waals surface area (Å²) in [5.74, 6) is 2.08. The van der Waals surface area contributed by atoms with Crippen molar-refractivity contribution in [2.24, 2.45) is 5.92 Å². The van der Waals surface area contributed by atoms with Crippen molar-refractivity contribution in [3.8, 4) is 11.4 Å². The number of anilines is 1. The van der Waals surface area contributed by atoms with Crippen molar-refractivity contribution < 1.29 is 9.47 Å². The van der Waals surface area contributed by atoms with Gasteiger partial charge >= 0.3 is 0 Å². The molecule has 30 heavy (non-hydrogen) atoms. The predicted octanol–water partition coefficient (Wildman–Crippen LogP) is 4.12. The molecular formula is C21H23Cl2N5O2. The Balaban J connectivity index is 1.29. The van der Waals surface area contributed by atoms with Crippen LogP contribution in [0.15, 0.2) is 30.3 Å². The highest BCUT2D eigenvalue weighted by Crippen LogP contribution is 2.27. The van der Waals surface area contributed by atoms with Gasteiger partial charge in [0, 0.05) is 41.2 Å². The highest BCUT2D eigenvalue weighted by atomic mass is 35.5. The van der Waals surface area contributed by atoms with Crippen LogP contribution in [0.1, 0.15) is 19.3 Å². The minimum atomic E-state index is 0.310. The van der Waals surface area contributed by atoms with E-state index in [-0.39, 0.29) is 0 Å². The van der Waals surface area contributed by atoms with Crippen molar-refractivity contribution in [2.45, 2.75) is 25.4 Å². The molecule has 2 aliphatic heterocycles. The molecule has 2 aliphatic rings. The van der Waals surface area contributed by atoms with Crippen molar-refractivity contribution in [3.05, 3.63) is 40.4 Å². The number of rotatable bonds is 5. The van der Waals surface area contributed by atoms with Crippen LogP contribution in [0, 0.1) is 5.92 Å². The Hall–Kier alpha value is -1.93. The molecule has 0 bridgehead atoms. The van der Waals surface area contributed by atoms with E-state index in [2.05, 4.69) is 15.1 Å². The molecule has 2 aromatic heterocycles. The summed E-state index contributed by atoms with van der Waals surface area (Å²) in [6.07, 6.45) is 3.41. The molecule has 158 valence electrons. The Labute approximate surface area is 184 Å². The third kappa shape index (κ3) is 4.25. The fraction of sp³-hybridized carbons (Fsp3) is 0.476. The maximum Gasteiger partial charge on any atom is 0.185 e. The van der Waals surface area contributed by atoms with Crippen LogP contribution < -0.4 is 4.90 Å². The summed E-state index contributed by atoms with van der Waals surface area (Å²) >= 11 is 12.3. The lowest BCUT2D eigenvalue weighted by molar-refractivity contribution is 0.0131. The Bertz CT molecular complexity index is 1010. The molecule has 0 radical (unpaired) electrons. The van der Waals surface area contributed by atoms with E-state index in [0.717, 1.165) is 63.6 Å². The number of hydrogen-bond donors (Lipinski definition) is 0. The van der Waals surface area contributed by atoms with Gasteiger partial charge in [0.25, 0.3) is 0 Å². The normalized spacial score (nSPS) is 20.3. The number of piperidine rings is 1. The first-order valence-corrected chi connectivity index (χ1v) is 11.0. The van der Waals surface area contributed by atoms with Crippen LogP contribution in [-0.4, -0.2) is 58.8 Å². The molecule has 0 saturated carbocycles. The second-order valence-corrected chi connectivity index (χ2v) is 8.77. The fourth-order valence-corrected chi connectivity index (χ4v) is 4.58. The predicted molar refractivity (Wildman–Crippen MR) is 116 cm³/mol. The third-order valence-electron chi connectivity index (χ3n) is 5.73. The molecule has 0 N–H and O–H groups in total. The molecule has 0 spiro atoms. The van der Waals surface area contributed by atoms with Crippen LogP contribution in [0.2, 0.25) is 10.0 Å². The topological polar surface area (TPSA) is 64.8 Å². The third-order valence-corrected chi connectivity index (χ3v) is 6.16. The lowest BCUT2D eigenvalue weighted by Gasteiger charge is -2.33. The molecule has 1 atom stereocenters. The van der Waals surface area contributed by atoms with Crippen LogP contribution in [0.25, 0.3) is 17.0 Å². The van der Waals surface area contributed by atoms with Crippen LogP contribution in [0.4, 0.5) is 5.82 Å². The van der Waals surface area contributed by atoms with Gasteiger partial charge in [-0.05, 0) is 49.6 Å². The summed E-state index contributed by atoms with van der Waals surface area (Å²) in [7, 11) is 0.